The van der Waals surface area contributed by atoms with Crippen molar-refractivity contribution < 1.29 is 4.79 Å². The number of carbonyl (C=O) groups excluding carboxylic acids is 1. The van der Waals surface area contributed by atoms with Crippen LogP contribution >= 0.6 is 0 Å². The molecule has 2 heterocycles. The molecule has 2 aliphatic carbocycles. The lowest BCUT2D eigenvalue weighted by Crippen LogP contribution is -2.62. The standard InChI is InChI=1S/C19H29N5O/c1-23(19(25)20-15-6-4-2-3-5-7-15)16-12-24(13-16)18-11-10-17(21-22-18)14-8-9-14/h10-11,14-16H,2-9,12-13H2,1H3,(H,20,25). The van der Waals surface area contributed by atoms with Crippen molar-refractivity contribution in [3.8, 4) is 0 Å². The van der Waals surface area contributed by atoms with E-state index >= 15 is 0 Å². The van der Waals surface area contributed by atoms with Crippen molar-refractivity contribution in [2.75, 3.05) is 25.0 Å². The molecule has 0 atom stereocenters. The second-order valence-corrected chi connectivity index (χ2v) is 7.90. The fourth-order valence-electron chi connectivity index (χ4n) is 3.85. The number of hydrogen-bond donors (Lipinski definition) is 1. The van der Waals surface area contributed by atoms with Crippen molar-refractivity contribution in [1.82, 2.24) is 20.4 Å². The zero-order valence-electron chi connectivity index (χ0n) is 15.2. The number of nitrogens with zero attached hydrogens (tertiary/aromatic N) is 4. The van der Waals surface area contributed by atoms with Crippen LogP contribution in [-0.4, -0.2) is 53.3 Å². The lowest BCUT2D eigenvalue weighted by atomic mass is 10.1. The minimum absolute atomic E-state index is 0.0757. The van der Waals surface area contributed by atoms with Crippen molar-refractivity contribution in [3.05, 3.63) is 17.8 Å². The van der Waals surface area contributed by atoms with Crippen molar-refractivity contribution in [1.29, 1.82) is 0 Å². The predicted octanol–water partition coefficient (Wildman–Crippen LogP) is 2.91. The molecule has 1 aromatic rings. The Labute approximate surface area is 150 Å². The van der Waals surface area contributed by atoms with Gasteiger partial charge in [0.2, 0.25) is 0 Å². The zero-order chi connectivity index (χ0) is 17.2. The van der Waals surface area contributed by atoms with Gasteiger partial charge in [-0.05, 0) is 37.8 Å². The highest BCUT2D eigenvalue weighted by molar-refractivity contribution is 5.75. The van der Waals surface area contributed by atoms with Gasteiger partial charge in [0, 0.05) is 32.1 Å². The van der Waals surface area contributed by atoms with E-state index in [2.05, 4.69) is 32.5 Å². The first-order chi connectivity index (χ1) is 12.2. The summed E-state index contributed by atoms with van der Waals surface area (Å²) in [6.45, 7) is 1.68. The first-order valence-corrected chi connectivity index (χ1v) is 9.82. The minimum Gasteiger partial charge on any atom is -0.351 e. The largest absolute Gasteiger partial charge is 0.351 e. The van der Waals surface area contributed by atoms with Gasteiger partial charge in [0.15, 0.2) is 5.82 Å². The van der Waals surface area contributed by atoms with Gasteiger partial charge < -0.3 is 15.1 Å². The van der Waals surface area contributed by atoms with Gasteiger partial charge in [-0.25, -0.2) is 4.79 Å². The molecule has 25 heavy (non-hydrogen) atoms. The highest BCUT2D eigenvalue weighted by Gasteiger charge is 2.34. The number of hydrogen-bond acceptors (Lipinski definition) is 4. The Morgan fingerprint density at radius 2 is 1.80 bits per heavy atom. The van der Waals surface area contributed by atoms with E-state index in [4.69, 9.17) is 0 Å². The van der Waals surface area contributed by atoms with Crippen LogP contribution in [0.4, 0.5) is 10.6 Å². The topological polar surface area (TPSA) is 61.4 Å². The molecule has 6 heteroatoms. The zero-order valence-corrected chi connectivity index (χ0v) is 15.2. The van der Waals surface area contributed by atoms with Crippen LogP contribution in [0.25, 0.3) is 0 Å². The van der Waals surface area contributed by atoms with Gasteiger partial charge in [-0.3, -0.25) is 0 Å². The van der Waals surface area contributed by atoms with Gasteiger partial charge in [0.25, 0.3) is 0 Å². The predicted molar refractivity (Wildman–Crippen MR) is 97.8 cm³/mol. The number of anilines is 1. The summed E-state index contributed by atoms with van der Waals surface area (Å²) in [6, 6.07) is 4.87. The second-order valence-electron chi connectivity index (χ2n) is 7.90. The number of nitrogens with one attached hydrogen (secondary N) is 1. The summed E-state index contributed by atoms with van der Waals surface area (Å²) in [4.78, 5) is 16.6. The maximum atomic E-state index is 12.5. The number of carbonyl (C=O) groups is 1. The van der Waals surface area contributed by atoms with Gasteiger partial charge in [-0.2, -0.15) is 5.10 Å². The summed E-state index contributed by atoms with van der Waals surface area (Å²) in [5, 5.41) is 11.9. The molecule has 0 radical (unpaired) electrons. The fraction of sp³-hybridized carbons (Fsp3) is 0.737. The molecule has 1 N–H and O–H groups in total. The molecule has 4 rings (SSSR count). The van der Waals surface area contributed by atoms with Gasteiger partial charge in [-0.1, -0.05) is 25.7 Å². The number of rotatable bonds is 4. The third kappa shape index (κ3) is 3.88. The summed E-state index contributed by atoms with van der Waals surface area (Å²) in [7, 11) is 1.91. The quantitative estimate of drug-likeness (QED) is 0.854. The molecule has 2 amide bonds. The molecular weight excluding hydrogens is 314 g/mol. The lowest BCUT2D eigenvalue weighted by molar-refractivity contribution is 0.173. The van der Waals surface area contributed by atoms with Crippen molar-refractivity contribution in [2.45, 2.75) is 69.4 Å². The third-order valence-corrected chi connectivity index (χ3v) is 5.90. The Morgan fingerprint density at radius 1 is 1.08 bits per heavy atom. The molecule has 0 unspecified atom stereocenters. The number of amides is 2. The van der Waals surface area contributed by atoms with Crippen LogP contribution in [0.5, 0.6) is 0 Å². The minimum atomic E-state index is 0.0757. The maximum absolute atomic E-state index is 12.5. The van der Waals surface area contributed by atoms with E-state index in [1.807, 2.05) is 11.9 Å². The van der Waals surface area contributed by atoms with E-state index in [0.29, 0.717) is 12.0 Å². The van der Waals surface area contributed by atoms with Crippen LogP contribution in [0.1, 0.15) is 63.0 Å². The van der Waals surface area contributed by atoms with Crippen LogP contribution in [-0.2, 0) is 0 Å². The molecule has 3 aliphatic rings. The number of likely N-dealkylation sites (N-methyl/N-ethyl adjacent to an activating group) is 1. The summed E-state index contributed by atoms with van der Waals surface area (Å²) >= 11 is 0. The first kappa shape index (κ1) is 16.6. The van der Waals surface area contributed by atoms with Crippen LogP contribution < -0.4 is 10.2 Å². The fourth-order valence-corrected chi connectivity index (χ4v) is 3.85. The Morgan fingerprint density at radius 3 is 2.40 bits per heavy atom. The van der Waals surface area contributed by atoms with Crippen LogP contribution in [0, 0.1) is 0 Å². The molecule has 0 bridgehead atoms. The molecule has 1 aromatic heterocycles. The number of urea groups is 1. The van der Waals surface area contributed by atoms with Crippen molar-refractivity contribution in [3.63, 3.8) is 0 Å². The van der Waals surface area contributed by atoms with E-state index in [9.17, 15) is 4.79 Å². The Hall–Kier alpha value is -1.85. The SMILES string of the molecule is CN(C(=O)NC1CCCCCC1)C1CN(c2ccc(C3CC3)nn2)C1. The highest BCUT2D eigenvalue weighted by atomic mass is 16.2. The van der Waals surface area contributed by atoms with Gasteiger partial charge in [0.05, 0.1) is 11.7 Å². The maximum Gasteiger partial charge on any atom is 0.317 e. The second kappa shape index (κ2) is 7.18. The van der Waals surface area contributed by atoms with Crippen LogP contribution in [0.2, 0.25) is 0 Å². The average molecular weight is 343 g/mol. The van der Waals surface area contributed by atoms with E-state index in [1.165, 1.54) is 38.5 Å². The Kier molecular flexibility index (Phi) is 4.77. The van der Waals surface area contributed by atoms with E-state index in [-0.39, 0.29) is 12.1 Å². The summed E-state index contributed by atoms with van der Waals surface area (Å²) in [5.41, 5.74) is 1.13. The van der Waals surface area contributed by atoms with Crippen molar-refractivity contribution in [2.24, 2.45) is 0 Å². The Balaban J connectivity index is 1.25. The summed E-state index contributed by atoms with van der Waals surface area (Å²) in [5.74, 6) is 1.57. The molecule has 1 aliphatic heterocycles. The molecule has 1 saturated heterocycles. The first-order valence-electron chi connectivity index (χ1n) is 9.82. The van der Waals surface area contributed by atoms with E-state index in [0.717, 1.165) is 37.4 Å². The molecule has 3 fully saturated rings. The molecule has 136 valence electrons. The monoisotopic (exact) mass is 343 g/mol. The normalized spacial score (nSPS) is 22.2. The Bertz CT molecular complexity index is 586. The van der Waals surface area contributed by atoms with E-state index in [1.54, 1.807) is 0 Å². The molecule has 6 nitrogen and oxygen atoms in total. The smallest absolute Gasteiger partial charge is 0.317 e. The van der Waals surface area contributed by atoms with Gasteiger partial charge >= 0.3 is 6.03 Å². The van der Waals surface area contributed by atoms with Gasteiger partial charge in [0.1, 0.15) is 0 Å². The summed E-state index contributed by atoms with van der Waals surface area (Å²) in [6.07, 6.45) is 9.84. The van der Waals surface area contributed by atoms with Crippen molar-refractivity contribution >= 4 is 11.8 Å². The molecule has 0 aromatic carbocycles. The molecular formula is C19H29N5O. The lowest BCUT2D eigenvalue weighted by Gasteiger charge is -2.44. The average Bonchev–Trinajstić information content (AvgIpc) is 3.42. The third-order valence-electron chi connectivity index (χ3n) is 5.90. The molecule has 0 spiro atoms. The number of aromatic nitrogens is 2. The van der Waals surface area contributed by atoms with Crippen LogP contribution in [0.15, 0.2) is 12.1 Å². The summed E-state index contributed by atoms with van der Waals surface area (Å²) < 4.78 is 0. The van der Waals surface area contributed by atoms with Crippen LogP contribution in [0.3, 0.4) is 0 Å². The molecule has 2 saturated carbocycles. The highest BCUT2D eigenvalue weighted by Crippen LogP contribution is 2.38. The van der Waals surface area contributed by atoms with E-state index < -0.39 is 0 Å². The van der Waals surface area contributed by atoms with Gasteiger partial charge in [-0.15, -0.1) is 5.10 Å².